The molecule has 0 aliphatic carbocycles. The summed E-state index contributed by atoms with van der Waals surface area (Å²) in [7, 11) is 0. The van der Waals surface area contributed by atoms with Gasteiger partial charge in [0.25, 0.3) is 0 Å². The molecule has 1 heterocycles. The zero-order valence-corrected chi connectivity index (χ0v) is 17.6. The van der Waals surface area contributed by atoms with Crippen molar-refractivity contribution < 1.29 is 14.6 Å². The summed E-state index contributed by atoms with van der Waals surface area (Å²) in [5.74, 6) is 0.386. The van der Waals surface area contributed by atoms with E-state index in [1.165, 1.54) is 11.6 Å². The van der Waals surface area contributed by atoms with Crippen LogP contribution in [-0.2, 0) is 19.4 Å². The van der Waals surface area contributed by atoms with Crippen LogP contribution in [0.5, 0.6) is 0 Å². The molecule has 0 amide bonds. The molecule has 2 unspecified atom stereocenters. The van der Waals surface area contributed by atoms with Crippen molar-refractivity contribution in [2.24, 2.45) is 17.6 Å². The molecule has 0 radical (unpaired) electrons. The Morgan fingerprint density at radius 3 is 2.39 bits per heavy atom. The van der Waals surface area contributed by atoms with Crippen LogP contribution in [0.15, 0.2) is 30.5 Å². The zero-order chi connectivity index (χ0) is 21.1. The van der Waals surface area contributed by atoms with Crippen LogP contribution in [0.2, 0.25) is 0 Å². The second kappa shape index (κ2) is 12.6. The van der Waals surface area contributed by atoms with Crippen LogP contribution in [0.1, 0.15) is 44.0 Å². The third-order valence-corrected chi connectivity index (χ3v) is 4.93. The lowest BCUT2D eigenvalue weighted by Crippen LogP contribution is -2.29. The predicted molar refractivity (Wildman–Crippen MR) is 112 cm³/mol. The second-order valence-electron chi connectivity index (χ2n) is 7.58. The van der Waals surface area contributed by atoms with Gasteiger partial charge in [0.05, 0.1) is 18.8 Å². The third-order valence-electron chi connectivity index (χ3n) is 4.93. The first kappa shape index (κ1) is 24.3. The number of hydrogen-bond donors (Lipinski definition) is 3. The van der Waals surface area contributed by atoms with Crippen molar-refractivity contribution in [3.8, 4) is 0 Å². The van der Waals surface area contributed by atoms with E-state index in [1.807, 2.05) is 19.2 Å². The fourth-order valence-electron chi connectivity index (χ4n) is 3.10. The van der Waals surface area contributed by atoms with Crippen molar-refractivity contribution >= 4 is 0 Å². The minimum Gasteiger partial charge on any atom is -0.396 e. The van der Waals surface area contributed by atoms with E-state index < -0.39 is 0 Å². The smallest absolute Gasteiger partial charge is 0.126 e. The number of halogens is 1. The van der Waals surface area contributed by atoms with E-state index in [0.29, 0.717) is 24.4 Å². The molecule has 4 N–H and O–H groups in total. The molecule has 2 atom stereocenters. The molecular weight excluding hydrogens is 357 g/mol. The largest absolute Gasteiger partial charge is 0.396 e. The Balaban J connectivity index is 0.000000307. The Kier molecular flexibility index (Phi) is 11.0. The summed E-state index contributed by atoms with van der Waals surface area (Å²) in [5.41, 5.74) is 9.00. The summed E-state index contributed by atoms with van der Waals surface area (Å²) < 4.78 is 15.2. The molecule has 158 valence electrons. The van der Waals surface area contributed by atoms with E-state index in [9.17, 15) is 9.50 Å². The number of aliphatic hydroxyl groups is 2. The molecule has 28 heavy (non-hydrogen) atoms. The first-order valence-electron chi connectivity index (χ1n) is 10.1. The van der Waals surface area contributed by atoms with Gasteiger partial charge < -0.3 is 15.9 Å². The summed E-state index contributed by atoms with van der Waals surface area (Å²) in [4.78, 5) is 0. The lowest BCUT2D eigenvalue weighted by atomic mass is 9.88. The average Bonchev–Trinajstić information content (AvgIpc) is 3.01. The molecule has 0 bridgehead atoms. The molecule has 6 heteroatoms. The summed E-state index contributed by atoms with van der Waals surface area (Å²) in [6.07, 6.45) is 4.18. The molecule has 0 saturated carbocycles. The standard InChI is InChI=1S/C14H22FNO.C8H14N2O/c1-10(2)12(9-17)8-13(16)7-11-5-3-4-6-14(11)15;1-3-8-7(2)6-10(9-8)4-5-11/h3-6,10,12-13,17H,7-9,16H2,1-2H3;6,11H,3-5H2,1-2H3. The summed E-state index contributed by atoms with van der Waals surface area (Å²) in [5, 5.41) is 22.1. The second-order valence-corrected chi connectivity index (χ2v) is 7.58. The molecule has 0 aliphatic rings. The van der Waals surface area contributed by atoms with E-state index >= 15 is 0 Å². The molecule has 0 fully saturated rings. The van der Waals surface area contributed by atoms with Crippen molar-refractivity contribution in [2.75, 3.05) is 13.2 Å². The number of aromatic nitrogens is 2. The van der Waals surface area contributed by atoms with Crippen LogP contribution in [0.3, 0.4) is 0 Å². The van der Waals surface area contributed by atoms with E-state index in [0.717, 1.165) is 18.5 Å². The van der Waals surface area contributed by atoms with Gasteiger partial charge in [-0.05, 0) is 55.2 Å². The van der Waals surface area contributed by atoms with E-state index in [4.69, 9.17) is 10.8 Å². The SMILES string of the molecule is CC(C)C(CO)CC(N)Cc1ccccc1F.CCc1nn(CCO)cc1C. The minimum absolute atomic E-state index is 0.105. The molecule has 0 saturated heterocycles. The van der Waals surface area contributed by atoms with Crippen molar-refractivity contribution in [1.82, 2.24) is 9.78 Å². The van der Waals surface area contributed by atoms with Gasteiger partial charge in [-0.2, -0.15) is 5.10 Å². The zero-order valence-electron chi connectivity index (χ0n) is 17.6. The minimum atomic E-state index is -0.201. The fraction of sp³-hybridized carbons (Fsp3) is 0.591. The Morgan fingerprint density at radius 1 is 1.21 bits per heavy atom. The van der Waals surface area contributed by atoms with E-state index in [1.54, 1.807) is 16.8 Å². The molecule has 2 aromatic rings. The number of hydrogen-bond acceptors (Lipinski definition) is 4. The van der Waals surface area contributed by atoms with Crippen LogP contribution in [0, 0.1) is 24.6 Å². The number of aryl methyl sites for hydroxylation is 2. The van der Waals surface area contributed by atoms with Crippen molar-refractivity contribution in [1.29, 1.82) is 0 Å². The Labute approximate surface area is 168 Å². The van der Waals surface area contributed by atoms with Gasteiger partial charge in [0, 0.05) is 18.8 Å². The maximum Gasteiger partial charge on any atom is 0.126 e. The topological polar surface area (TPSA) is 84.3 Å². The third kappa shape index (κ3) is 8.09. The molecule has 1 aromatic carbocycles. The van der Waals surface area contributed by atoms with Crippen molar-refractivity contribution in [3.63, 3.8) is 0 Å². The van der Waals surface area contributed by atoms with Crippen molar-refractivity contribution in [2.45, 2.75) is 59.5 Å². The van der Waals surface area contributed by atoms with E-state index in [2.05, 4.69) is 25.9 Å². The Bertz CT molecular complexity index is 688. The van der Waals surface area contributed by atoms with Gasteiger partial charge in [0.2, 0.25) is 0 Å². The van der Waals surface area contributed by atoms with Crippen LogP contribution in [0.4, 0.5) is 4.39 Å². The maximum absolute atomic E-state index is 13.4. The van der Waals surface area contributed by atoms with Crippen LogP contribution < -0.4 is 5.73 Å². The number of benzene rings is 1. The van der Waals surface area contributed by atoms with Gasteiger partial charge in [-0.15, -0.1) is 0 Å². The molecule has 2 rings (SSSR count). The quantitative estimate of drug-likeness (QED) is 0.611. The molecule has 0 aliphatic heterocycles. The van der Waals surface area contributed by atoms with Crippen LogP contribution in [-0.4, -0.2) is 39.2 Å². The molecular formula is C22H36FN3O2. The molecule has 1 aromatic heterocycles. The van der Waals surface area contributed by atoms with Gasteiger partial charge in [0.15, 0.2) is 0 Å². The predicted octanol–water partition coefficient (Wildman–Crippen LogP) is 3.10. The molecule has 0 spiro atoms. The first-order valence-corrected chi connectivity index (χ1v) is 10.1. The lowest BCUT2D eigenvalue weighted by molar-refractivity contribution is 0.173. The lowest BCUT2D eigenvalue weighted by Gasteiger charge is -2.22. The fourth-order valence-corrected chi connectivity index (χ4v) is 3.10. The highest BCUT2D eigenvalue weighted by Gasteiger charge is 2.17. The van der Waals surface area contributed by atoms with Gasteiger partial charge >= 0.3 is 0 Å². The maximum atomic E-state index is 13.4. The highest BCUT2D eigenvalue weighted by molar-refractivity contribution is 5.18. The number of rotatable bonds is 9. The van der Waals surface area contributed by atoms with Crippen LogP contribution in [0.25, 0.3) is 0 Å². The van der Waals surface area contributed by atoms with Gasteiger partial charge in [-0.25, -0.2) is 4.39 Å². The number of aliphatic hydroxyl groups excluding tert-OH is 2. The monoisotopic (exact) mass is 393 g/mol. The van der Waals surface area contributed by atoms with Crippen molar-refractivity contribution in [3.05, 3.63) is 53.1 Å². The molecule has 5 nitrogen and oxygen atoms in total. The summed E-state index contributed by atoms with van der Waals surface area (Å²) in [6.45, 7) is 9.15. The average molecular weight is 394 g/mol. The van der Waals surface area contributed by atoms with Crippen LogP contribution >= 0.6 is 0 Å². The number of nitrogens with zero attached hydrogens (tertiary/aromatic N) is 2. The van der Waals surface area contributed by atoms with Gasteiger partial charge in [0.1, 0.15) is 5.82 Å². The Morgan fingerprint density at radius 2 is 1.89 bits per heavy atom. The highest BCUT2D eigenvalue weighted by Crippen LogP contribution is 2.18. The van der Waals surface area contributed by atoms with E-state index in [-0.39, 0.29) is 31.0 Å². The summed E-state index contributed by atoms with van der Waals surface area (Å²) in [6, 6.07) is 6.60. The normalized spacial score (nSPS) is 13.2. The van der Waals surface area contributed by atoms with Gasteiger partial charge in [-0.1, -0.05) is 39.0 Å². The highest BCUT2D eigenvalue weighted by atomic mass is 19.1. The first-order chi connectivity index (χ1) is 13.3. The Hall–Kier alpha value is -1.76. The number of nitrogens with two attached hydrogens (primary N) is 1. The van der Waals surface area contributed by atoms with Gasteiger partial charge in [-0.3, -0.25) is 4.68 Å². The summed E-state index contributed by atoms with van der Waals surface area (Å²) >= 11 is 0.